The van der Waals surface area contributed by atoms with Gasteiger partial charge in [0.25, 0.3) is 5.91 Å². The van der Waals surface area contributed by atoms with Gasteiger partial charge in [-0.1, -0.05) is 12.1 Å². The zero-order chi connectivity index (χ0) is 18.6. The zero-order valence-corrected chi connectivity index (χ0v) is 16.0. The van der Waals surface area contributed by atoms with E-state index in [-0.39, 0.29) is 5.91 Å². The number of aromatic amines is 1. The Morgan fingerprint density at radius 1 is 1.22 bits per heavy atom. The maximum Gasteiger partial charge on any atom is 0.274 e. The molecule has 1 aromatic heterocycles. The second-order valence-electron chi connectivity index (χ2n) is 7.64. The van der Waals surface area contributed by atoms with E-state index in [4.69, 9.17) is 4.74 Å². The Hall–Kier alpha value is -2.34. The third-order valence-corrected chi connectivity index (χ3v) is 5.37. The SMILES string of the molecule is Cc1cccc(OCCCN2CCN(C(=O)c3cc(C4CC4)[nH]n3)CC2)c1. The number of aryl methyl sites for hydroxylation is 1. The smallest absolute Gasteiger partial charge is 0.274 e. The van der Waals surface area contributed by atoms with Crippen LogP contribution < -0.4 is 4.74 Å². The highest BCUT2D eigenvalue weighted by Gasteiger charge is 2.28. The number of nitrogens with one attached hydrogen (secondary N) is 1. The van der Waals surface area contributed by atoms with Crippen molar-refractivity contribution < 1.29 is 9.53 Å². The van der Waals surface area contributed by atoms with Crippen LogP contribution in [0.15, 0.2) is 30.3 Å². The van der Waals surface area contributed by atoms with E-state index in [0.717, 1.165) is 57.2 Å². The molecule has 2 fully saturated rings. The molecule has 2 heterocycles. The van der Waals surface area contributed by atoms with Gasteiger partial charge >= 0.3 is 0 Å². The lowest BCUT2D eigenvalue weighted by atomic mass is 10.2. The number of ether oxygens (including phenoxy) is 1. The van der Waals surface area contributed by atoms with Crippen LogP contribution in [0.1, 0.15) is 46.9 Å². The summed E-state index contributed by atoms with van der Waals surface area (Å²) in [7, 11) is 0. The summed E-state index contributed by atoms with van der Waals surface area (Å²) in [4.78, 5) is 16.9. The Morgan fingerprint density at radius 2 is 2.04 bits per heavy atom. The van der Waals surface area contributed by atoms with E-state index in [1.54, 1.807) is 0 Å². The van der Waals surface area contributed by atoms with Crippen LogP contribution in [0.2, 0.25) is 0 Å². The Labute approximate surface area is 160 Å². The first-order valence-electron chi connectivity index (χ1n) is 9.95. The molecule has 0 bridgehead atoms. The zero-order valence-electron chi connectivity index (χ0n) is 16.0. The Morgan fingerprint density at radius 3 is 2.78 bits per heavy atom. The van der Waals surface area contributed by atoms with Crippen LogP contribution >= 0.6 is 0 Å². The predicted molar refractivity (Wildman–Crippen MR) is 104 cm³/mol. The molecule has 1 saturated carbocycles. The number of aromatic nitrogens is 2. The highest BCUT2D eigenvalue weighted by Crippen LogP contribution is 2.39. The number of carbonyl (C=O) groups is 1. The van der Waals surface area contributed by atoms with E-state index in [9.17, 15) is 4.79 Å². The minimum absolute atomic E-state index is 0.0561. The van der Waals surface area contributed by atoms with Gasteiger partial charge in [0.05, 0.1) is 6.61 Å². The van der Waals surface area contributed by atoms with Crippen molar-refractivity contribution in [2.45, 2.75) is 32.1 Å². The standard InChI is InChI=1S/C21H28N4O2/c1-16-4-2-5-18(14-16)27-13-3-8-24-9-11-25(12-10-24)21(26)20-15-19(22-23-20)17-6-7-17/h2,4-5,14-15,17H,3,6-13H2,1H3,(H,22,23). The quantitative estimate of drug-likeness (QED) is 0.764. The third kappa shape index (κ3) is 4.69. The average molecular weight is 368 g/mol. The van der Waals surface area contributed by atoms with Crippen molar-refractivity contribution in [1.82, 2.24) is 20.0 Å². The molecule has 4 rings (SSSR count). The van der Waals surface area contributed by atoms with Crippen molar-refractivity contribution in [3.63, 3.8) is 0 Å². The van der Waals surface area contributed by atoms with Crippen LogP contribution in [0, 0.1) is 6.92 Å². The molecule has 1 aromatic carbocycles. The van der Waals surface area contributed by atoms with E-state index >= 15 is 0 Å². The van der Waals surface area contributed by atoms with Gasteiger partial charge in [-0.3, -0.25) is 14.8 Å². The molecule has 1 N–H and O–H groups in total. The molecule has 2 aliphatic rings. The van der Waals surface area contributed by atoms with Gasteiger partial charge in [-0.05, 0) is 49.9 Å². The molecule has 1 aliphatic carbocycles. The van der Waals surface area contributed by atoms with Gasteiger partial charge in [0.2, 0.25) is 0 Å². The van der Waals surface area contributed by atoms with E-state index in [1.807, 2.05) is 23.1 Å². The van der Waals surface area contributed by atoms with Crippen molar-refractivity contribution in [1.29, 1.82) is 0 Å². The second kappa shape index (κ2) is 8.13. The lowest BCUT2D eigenvalue weighted by Crippen LogP contribution is -2.49. The van der Waals surface area contributed by atoms with E-state index < -0.39 is 0 Å². The van der Waals surface area contributed by atoms with E-state index in [1.165, 1.54) is 18.4 Å². The predicted octanol–water partition coefficient (Wildman–Crippen LogP) is 2.82. The molecule has 0 spiro atoms. The monoisotopic (exact) mass is 368 g/mol. The molecule has 6 heteroatoms. The maximum absolute atomic E-state index is 12.6. The number of amides is 1. The summed E-state index contributed by atoms with van der Waals surface area (Å²) in [5.41, 5.74) is 2.90. The topological polar surface area (TPSA) is 61.5 Å². The van der Waals surface area contributed by atoms with Gasteiger partial charge in [0.1, 0.15) is 11.4 Å². The van der Waals surface area contributed by atoms with Crippen LogP contribution in [0.5, 0.6) is 5.75 Å². The lowest BCUT2D eigenvalue weighted by molar-refractivity contribution is 0.0625. The molecule has 1 saturated heterocycles. The Kier molecular flexibility index (Phi) is 5.43. The van der Waals surface area contributed by atoms with Crippen LogP contribution in [0.4, 0.5) is 0 Å². The summed E-state index contributed by atoms with van der Waals surface area (Å²) in [5.74, 6) is 1.59. The number of hydrogen-bond donors (Lipinski definition) is 1. The molecule has 144 valence electrons. The molecule has 6 nitrogen and oxygen atoms in total. The largest absolute Gasteiger partial charge is 0.494 e. The molecule has 27 heavy (non-hydrogen) atoms. The first-order valence-corrected chi connectivity index (χ1v) is 9.95. The number of rotatable bonds is 7. The fourth-order valence-corrected chi connectivity index (χ4v) is 3.57. The highest BCUT2D eigenvalue weighted by molar-refractivity contribution is 5.92. The summed E-state index contributed by atoms with van der Waals surface area (Å²) in [6.45, 7) is 7.16. The molecule has 2 aromatic rings. The van der Waals surface area contributed by atoms with Crippen LogP contribution in [0.25, 0.3) is 0 Å². The van der Waals surface area contributed by atoms with Gasteiger partial charge in [0, 0.05) is 44.3 Å². The summed E-state index contributed by atoms with van der Waals surface area (Å²) in [5, 5.41) is 7.25. The molecule has 1 aliphatic heterocycles. The van der Waals surface area contributed by atoms with Gasteiger partial charge in [-0.2, -0.15) is 5.10 Å². The normalized spacial score (nSPS) is 17.9. The summed E-state index contributed by atoms with van der Waals surface area (Å²) < 4.78 is 5.82. The number of piperazine rings is 1. The van der Waals surface area contributed by atoms with Crippen LogP contribution in [-0.4, -0.2) is 65.2 Å². The summed E-state index contributed by atoms with van der Waals surface area (Å²) in [6.07, 6.45) is 3.41. The molecule has 1 amide bonds. The number of carbonyl (C=O) groups excluding carboxylic acids is 1. The number of benzene rings is 1. The summed E-state index contributed by atoms with van der Waals surface area (Å²) >= 11 is 0. The van der Waals surface area contributed by atoms with Crippen LogP contribution in [0.3, 0.4) is 0 Å². The van der Waals surface area contributed by atoms with E-state index in [2.05, 4.69) is 34.2 Å². The minimum atomic E-state index is 0.0561. The molecule has 0 radical (unpaired) electrons. The molecule has 0 atom stereocenters. The van der Waals surface area contributed by atoms with Crippen molar-refractivity contribution in [2.75, 3.05) is 39.3 Å². The first-order chi connectivity index (χ1) is 13.2. The molecule has 0 unspecified atom stereocenters. The average Bonchev–Trinajstić information content (AvgIpc) is 3.42. The van der Waals surface area contributed by atoms with Crippen molar-refractivity contribution in [3.05, 3.63) is 47.3 Å². The van der Waals surface area contributed by atoms with Gasteiger partial charge in [-0.25, -0.2) is 0 Å². The fraction of sp³-hybridized carbons (Fsp3) is 0.524. The third-order valence-electron chi connectivity index (χ3n) is 5.37. The minimum Gasteiger partial charge on any atom is -0.494 e. The van der Waals surface area contributed by atoms with Crippen molar-refractivity contribution in [2.24, 2.45) is 0 Å². The Balaban J connectivity index is 1.17. The van der Waals surface area contributed by atoms with Gasteiger partial charge < -0.3 is 9.64 Å². The Bertz CT molecular complexity index is 776. The van der Waals surface area contributed by atoms with Gasteiger partial charge in [-0.15, -0.1) is 0 Å². The number of nitrogens with zero attached hydrogens (tertiary/aromatic N) is 3. The molecular weight excluding hydrogens is 340 g/mol. The summed E-state index contributed by atoms with van der Waals surface area (Å²) in [6, 6.07) is 10.1. The van der Waals surface area contributed by atoms with Gasteiger partial charge in [0.15, 0.2) is 0 Å². The lowest BCUT2D eigenvalue weighted by Gasteiger charge is -2.34. The van der Waals surface area contributed by atoms with Crippen molar-refractivity contribution >= 4 is 5.91 Å². The highest BCUT2D eigenvalue weighted by atomic mass is 16.5. The molecular formula is C21H28N4O2. The fourth-order valence-electron chi connectivity index (χ4n) is 3.57. The number of H-pyrrole nitrogens is 1. The van der Waals surface area contributed by atoms with Crippen LogP contribution in [-0.2, 0) is 0 Å². The van der Waals surface area contributed by atoms with Crippen molar-refractivity contribution in [3.8, 4) is 5.75 Å². The van der Waals surface area contributed by atoms with E-state index in [0.29, 0.717) is 11.6 Å². The number of hydrogen-bond acceptors (Lipinski definition) is 4. The maximum atomic E-state index is 12.6. The first kappa shape index (κ1) is 18.0. The second-order valence-corrected chi connectivity index (χ2v) is 7.64.